The number of hydrogen-bond donors (Lipinski definition) is 0. The van der Waals surface area contributed by atoms with Gasteiger partial charge in [-0.1, -0.05) is 27.7 Å². The van der Waals surface area contributed by atoms with Gasteiger partial charge < -0.3 is 9.47 Å². The quantitative estimate of drug-likeness (QED) is 0.855. The van der Waals surface area contributed by atoms with Crippen molar-refractivity contribution in [2.75, 3.05) is 26.3 Å². The van der Waals surface area contributed by atoms with E-state index in [0.29, 0.717) is 6.10 Å². The molecule has 5 heteroatoms. The molecular formula is C17H28N2O2S. The summed E-state index contributed by atoms with van der Waals surface area (Å²) >= 11 is 1.85. The maximum atomic E-state index is 6.33. The van der Waals surface area contributed by atoms with Crippen molar-refractivity contribution in [3.8, 4) is 0 Å². The first-order valence-electron chi connectivity index (χ1n) is 8.33. The Balaban J connectivity index is 1.69. The highest BCUT2D eigenvalue weighted by Gasteiger charge is 2.43. The van der Waals surface area contributed by atoms with Gasteiger partial charge in [0.05, 0.1) is 19.3 Å². The first-order chi connectivity index (χ1) is 10.4. The van der Waals surface area contributed by atoms with E-state index < -0.39 is 0 Å². The first-order valence-corrected chi connectivity index (χ1v) is 9.15. The van der Waals surface area contributed by atoms with Crippen molar-refractivity contribution in [2.24, 2.45) is 0 Å². The SMILES string of the molecule is CC[C@H]1CN(Cc2ncc(C(C)(C)C)s2)C[C@]2(CCOC2)O1. The highest BCUT2D eigenvalue weighted by atomic mass is 32.1. The van der Waals surface area contributed by atoms with Crippen molar-refractivity contribution in [1.82, 2.24) is 9.88 Å². The monoisotopic (exact) mass is 324 g/mol. The summed E-state index contributed by atoms with van der Waals surface area (Å²) in [7, 11) is 0. The average molecular weight is 324 g/mol. The van der Waals surface area contributed by atoms with Crippen molar-refractivity contribution in [3.05, 3.63) is 16.1 Å². The van der Waals surface area contributed by atoms with Gasteiger partial charge in [0.15, 0.2) is 0 Å². The minimum atomic E-state index is -0.0803. The van der Waals surface area contributed by atoms with E-state index in [1.54, 1.807) is 0 Å². The van der Waals surface area contributed by atoms with Gasteiger partial charge in [0.25, 0.3) is 0 Å². The Labute approximate surface area is 137 Å². The minimum Gasteiger partial charge on any atom is -0.378 e. The van der Waals surface area contributed by atoms with E-state index in [2.05, 4.69) is 37.6 Å². The molecule has 124 valence electrons. The Morgan fingerprint density at radius 2 is 2.27 bits per heavy atom. The van der Waals surface area contributed by atoms with Crippen LogP contribution in [0.5, 0.6) is 0 Å². The second-order valence-electron chi connectivity index (χ2n) is 7.67. The zero-order valence-corrected chi connectivity index (χ0v) is 15.0. The van der Waals surface area contributed by atoms with Gasteiger partial charge in [0.2, 0.25) is 0 Å². The zero-order chi connectivity index (χ0) is 15.8. The van der Waals surface area contributed by atoms with Gasteiger partial charge in [0.1, 0.15) is 10.6 Å². The van der Waals surface area contributed by atoms with E-state index in [0.717, 1.165) is 45.7 Å². The normalized spacial score (nSPS) is 30.3. The lowest BCUT2D eigenvalue weighted by Crippen LogP contribution is -2.55. The summed E-state index contributed by atoms with van der Waals surface area (Å²) in [6.45, 7) is 13.4. The molecule has 0 aromatic carbocycles. The molecule has 0 amide bonds. The van der Waals surface area contributed by atoms with Crippen molar-refractivity contribution in [1.29, 1.82) is 0 Å². The molecule has 2 atom stereocenters. The molecular weight excluding hydrogens is 296 g/mol. The van der Waals surface area contributed by atoms with Gasteiger partial charge in [-0.3, -0.25) is 4.90 Å². The molecule has 3 rings (SSSR count). The lowest BCUT2D eigenvalue weighted by atomic mass is 9.96. The predicted molar refractivity (Wildman–Crippen MR) is 89.4 cm³/mol. The van der Waals surface area contributed by atoms with Crippen LogP contribution in [0.1, 0.15) is 50.4 Å². The van der Waals surface area contributed by atoms with Crippen molar-refractivity contribution < 1.29 is 9.47 Å². The third-order valence-electron chi connectivity index (χ3n) is 4.56. The van der Waals surface area contributed by atoms with Gasteiger partial charge in [-0.15, -0.1) is 11.3 Å². The number of thiazole rings is 1. The second kappa shape index (κ2) is 6.19. The van der Waals surface area contributed by atoms with Crippen LogP contribution in [0.2, 0.25) is 0 Å². The highest BCUT2D eigenvalue weighted by molar-refractivity contribution is 7.11. The molecule has 0 unspecified atom stereocenters. The molecule has 2 fully saturated rings. The number of rotatable bonds is 3. The van der Waals surface area contributed by atoms with Crippen molar-refractivity contribution in [3.63, 3.8) is 0 Å². The van der Waals surface area contributed by atoms with E-state index >= 15 is 0 Å². The summed E-state index contributed by atoms with van der Waals surface area (Å²) in [4.78, 5) is 8.52. The van der Waals surface area contributed by atoms with Gasteiger partial charge >= 0.3 is 0 Å². The number of ether oxygens (including phenoxy) is 2. The van der Waals surface area contributed by atoms with Crippen LogP contribution in [-0.4, -0.2) is 47.9 Å². The predicted octanol–water partition coefficient (Wildman–Crippen LogP) is 3.21. The van der Waals surface area contributed by atoms with Crippen molar-refractivity contribution in [2.45, 2.75) is 64.2 Å². The largest absolute Gasteiger partial charge is 0.378 e. The van der Waals surface area contributed by atoms with E-state index in [-0.39, 0.29) is 11.0 Å². The Morgan fingerprint density at radius 3 is 2.86 bits per heavy atom. The molecule has 1 aromatic heterocycles. The molecule has 2 saturated heterocycles. The molecule has 3 heterocycles. The number of nitrogens with zero attached hydrogens (tertiary/aromatic N) is 2. The maximum Gasteiger partial charge on any atom is 0.107 e. The Bertz CT molecular complexity index is 503. The molecule has 0 N–H and O–H groups in total. The third kappa shape index (κ3) is 3.53. The maximum absolute atomic E-state index is 6.33. The summed E-state index contributed by atoms with van der Waals surface area (Å²) < 4.78 is 11.9. The van der Waals surface area contributed by atoms with Crippen LogP contribution in [0.25, 0.3) is 0 Å². The lowest BCUT2D eigenvalue weighted by Gasteiger charge is -2.43. The summed E-state index contributed by atoms with van der Waals surface area (Å²) in [6, 6.07) is 0. The Morgan fingerprint density at radius 1 is 1.45 bits per heavy atom. The molecule has 4 nitrogen and oxygen atoms in total. The van der Waals surface area contributed by atoms with Gasteiger partial charge in [0, 0.05) is 37.2 Å². The summed E-state index contributed by atoms with van der Waals surface area (Å²) in [5.74, 6) is 0. The third-order valence-corrected chi connectivity index (χ3v) is 5.97. The minimum absolute atomic E-state index is 0.0803. The van der Waals surface area contributed by atoms with Crippen LogP contribution in [0.4, 0.5) is 0 Å². The van der Waals surface area contributed by atoms with E-state index in [9.17, 15) is 0 Å². The molecule has 0 bridgehead atoms. The number of aromatic nitrogens is 1. The van der Waals surface area contributed by atoms with Gasteiger partial charge in [-0.2, -0.15) is 0 Å². The lowest BCUT2D eigenvalue weighted by molar-refractivity contribution is -0.156. The fourth-order valence-electron chi connectivity index (χ4n) is 3.25. The number of hydrogen-bond acceptors (Lipinski definition) is 5. The van der Waals surface area contributed by atoms with Gasteiger partial charge in [-0.05, 0) is 11.8 Å². The van der Waals surface area contributed by atoms with Crippen LogP contribution in [0.3, 0.4) is 0 Å². The standard InChI is InChI=1S/C17H28N2O2S/c1-5-13-9-19(11-17(21-13)6-7-20-12-17)10-15-18-8-14(22-15)16(2,3)4/h8,13H,5-7,9-12H2,1-4H3/t13-,17-/m0/s1. The average Bonchev–Trinajstić information content (AvgIpc) is 3.08. The molecule has 1 aromatic rings. The Kier molecular flexibility index (Phi) is 4.61. The van der Waals surface area contributed by atoms with Crippen LogP contribution in [0.15, 0.2) is 6.20 Å². The fraction of sp³-hybridized carbons (Fsp3) is 0.824. The Hall–Kier alpha value is -0.490. The first kappa shape index (κ1) is 16.4. The molecule has 22 heavy (non-hydrogen) atoms. The smallest absolute Gasteiger partial charge is 0.107 e. The van der Waals surface area contributed by atoms with E-state index in [1.165, 1.54) is 9.88 Å². The second-order valence-corrected chi connectivity index (χ2v) is 8.79. The summed E-state index contributed by atoms with van der Waals surface area (Å²) in [5.41, 5.74) is 0.108. The fourth-order valence-corrected chi connectivity index (χ4v) is 4.27. The van der Waals surface area contributed by atoms with Crippen LogP contribution < -0.4 is 0 Å². The molecule has 2 aliphatic rings. The molecule has 0 aliphatic carbocycles. The summed E-state index contributed by atoms with van der Waals surface area (Å²) in [5, 5.41) is 1.22. The molecule has 1 spiro atoms. The molecule has 0 radical (unpaired) electrons. The highest BCUT2D eigenvalue weighted by Crippen LogP contribution is 2.33. The molecule has 2 aliphatic heterocycles. The molecule has 0 saturated carbocycles. The zero-order valence-electron chi connectivity index (χ0n) is 14.2. The van der Waals surface area contributed by atoms with Crippen LogP contribution in [0, 0.1) is 0 Å². The van der Waals surface area contributed by atoms with Gasteiger partial charge in [-0.25, -0.2) is 4.98 Å². The van der Waals surface area contributed by atoms with Crippen LogP contribution >= 0.6 is 11.3 Å². The topological polar surface area (TPSA) is 34.6 Å². The summed E-state index contributed by atoms with van der Waals surface area (Å²) in [6.07, 6.45) is 4.44. The van der Waals surface area contributed by atoms with E-state index in [1.807, 2.05) is 17.5 Å². The van der Waals surface area contributed by atoms with Crippen LogP contribution in [-0.2, 0) is 21.4 Å². The number of morpholine rings is 1. The van der Waals surface area contributed by atoms with Crippen molar-refractivity contribution >= 4 is 11.3 Å². The van der Waals surface area contributed by atoms with E-state index in [4.69, 9.17) is 9.47 Å².